The molecule has 4 nitrogen and oxygen atoms in total. The minimum absolute atomic E-state index is 0.0294. The molecule has 0 aromatic carbocycles. The highest BCUT2D eigenvalue weighted by atomic mass is 16.2. The predicted molar refractivity (Wildman–Crippen MR) is 67.0 cm³/mol. The minimum atomic E-state index is -0.677. The fourth-order valence-corrected chi connectivity index (χ4v) is 2.44. The van der Waals surface area contributed by atoms with Crippen LogP contribution < -0.4 is 5.73 Å². The Kier molecular flexibility index (Phi) is 4.95. The molecule has 1 aliphatic rings. The van der Waals surface area contributed by atoms with E-state index < -0.39 is 5.54 Å². The van der Waals surface area contributed by atoms with Gasteiger partial charge in [-0.15, -0.1) is 0 Å². The normalized spacial score (nSPS) is 20.4. The van der Waals surface area contributed by atoms with Gasteiger partial charge in [-0.3, -0.25) is 4.79 Å². The van der Waals surface area contributed by atoms with E-state index in [-0.39, 0.29) is 11.8 Å². The van der Waals surface area contributed by atoms with Crippen molar-refractivity contribution in [3.8, 4) is 6.07 Å². The minimum Gasteiger partial charge on any atom is -0.340 e. The first kappa shape index (κ1) is 14.0. The number of carbonyl (C=O) groups is 1. The second-order valence-electron chi connectivity index (χ2n) is 5.09. The summed E-state index contributed by atoms with van der Waals surface area (Å²) in [5.41, 5.74) is 5.54. The van der Waals surface area contributed by atoms with Gasteiger partial charge < -0.3 is 10.6 Å². The zero-order chi connectivity index (χ0) is 12.9. The Morgan fingerprint density at radius 2 is 2.06 bits per heavy atom. The summed E-state index contributed by atoms with van der Waals surface area (Å²) in [5.74, 6) is -0.104. The summed E-state index contributed by atoms with van der Waals surface area (Å²) in [4.78, 5) is 14.1. The topological polar surface area (TPSA) is 70.1 Å². The maximum atomic E-state index is 12.4. The van der Waals surface area contributed by atoms with Crippen LogP contribution in [0, 0.1) is 17.2 Å². The standard InChI is InChI=1S/C13H23N3O/c1-3-16(10-11(2)9-14)12(17)13(15)7-5-4-6-8-13/h11H,3-8,10,15H2,1-2H3. The molecule has 1 fully saturated rings. The van der Waals surface area contributed by atoms with Crippen LogP contribution in [0.4, 0.5) is 0 Å². The van der Waals surface area contributed by atoms with Gasteiger partial charge in [-0.05, 0) is 26.7 Å². The molecule has 96 valence electrons. The zero-order valence-corrected chi connectivity index (χ0v) is 10.9. The van der Waals surface area contributed by atoms with Crippen molar-refractivity contribution in [2.24, 2.45) is 11.7 Å². The first-order chi connectivity index (χ1) is 8.03. The number of rotatable bonds is 4. The maximum absolute atomic E-state index is 12.4. The average molecular weight is 237 g/mol. The lowest BCUT2D eigenvalue weighted by molar-refractivity contribution is -0.138. The highest BCUT2D eigenvalue weighted by Gasteiger charge is 2.38. The van der Waals surface area contributed by atoms with Crippen LogP contribution in [0.3, 0.4) is 0 Å². The summed E-state index contributed by atoms with van der Waals surface area (Å²) in [6.45, 7) is 4.89. The third-order valence-electron chi connectivity index (χ3n) is 3.56. The van der Waals surface area contributed by atoms with Gasteiger partial charge in [0, 0.05) is 13.1 Å². The number of carbonyl (C=O) groups excluding carboxylic acids is 1. The second kappa shape index (κ2) is 6.02. The maximum Gasteiger partial charge on any atom is 0.242 e. The summed E-state index contributed by atoms with van der Waals surface area (Å²) >= 11 is 0. The van der Waals surface area contributed by atoms with Crippen molar-refractivity contribution in [2.75, 3.05) is 13.1 Å². The number of nitriles is 1. The molecule has 4 heteroatoms. The van der Waals surface area contributed by atoms with Crippen molar-refractivity contribution in [3.05, 3.63) is 0 Å². The lowest BCUT2D eigenvalue weighted by atomic mass is 9.81. The SMILES string of the molecule is CCN(CC(C)C#N)C(=O)C1(N)CCCCC1. The zero-order valence-electron chi connectivity index (χ0n) is 10.9. The van der Waals surface area contributed by atoms with E-state index in [1.807, 2.05) is 13.8 Å². The van der Waals surface area contributed by atoms with E-state index in [4.69, 9.17) is 11.0 Å². The average Bonchev–Trinajstić information content (AvgIpc) is 2.35. The summed E-state index contributed by atoms with van der Waals surface area (Å²) in [5, 5.41) is 8.82. The Bertz CT molecular complexity index is 302. The highest BCUT2D eigenvalue weighted by molar-refractivity contribution is 5.86. The monoisotopic (exact) mass is 237 g/mol. The number of hydrogen-bond donors (Lipinski definition) is 1. The molecule has 17 heavy (non-hydrogen) atoms. The molecule has 0 bridgehead atoms. The van der Waals surface area contributed by atoms with Gasteiger partial charge in [-0.1, -0.05) is 19.3 Å². The Morgan fingerprint density at radius 1 is 1.47 bits per heavy atom. The fourth-order valence-electron chi connectivity index (χ4n) is 2.44. The summed E-state index contributed by atoms with van der Waals surface area (Å²) < 4.78 is 0. The lowest BCUT2D eigenvalue weighted by Crippen LogP contribution is -2.56. The van der Waals surface area contributed by atoms with Crippen LogP contribution in [0.1, 0.15) is 46.0 Å². The van der Waals surface area contributed by atoms with Crippen molar-refractivity contribution < 1.29 is 4.79 Å². The van der Waals surface area contributed by atoms with Gasteiger partial charge in [0.05, 0.1) is 17.5 Å². The number of amides is 1. The Hall–Kier alpha value is -1.08. The van der Waals surface area contributed by atoms with Crippen LogP contribution >= 0.6 is 0 Å². The van der Waals surface area contributed by atoms with Crippen LogP contribution in [0.25, 0.3) is 0 Å². The van der Waals surface area contributed by atoms with Crippen LogP contribution in [-0.4, -0.2) is 29.4 Å². The third-order valence-corrected chi connectivity index (χ3v) is 3.56. The molecule has 0 saturated heterocycles. The Morgan fingerprint density at radius 3 is 2.53 bits per heavy atom. The first-order valence-corrected chi connectivity index (χ1v) is 6.51. The van der Waals surface area contributed by atoms with Gasteiger partial charge in [0.15, 0.2) is 0 Å². The molecule has 1 rings (SSSR count). The van der Waals surface area contributed by atoms with E-state index >= 15 is 0 Å². The van der Waals surface area contributed by atoms with E-state index in [0.29, 0.717) is 13.1 Å². The van der Waals surface area contributed by atoms with Gasteiger partial charge in [-0.25, -0.2) is 0 Å². The van der Waals surface area contributed by atoms with Crippen LogP contribution in [0.5, 0.6) is 0 Å². The van der Waals surface area contributed by atoms with E-state index in [1.165, 1.54) is 6.42 Å². The van der Waals surface area contributed by atoms with E-state index in [2.05, 4.69) is 6.07 Å². The van der Waals surface area contributed by atoms with Crippen molar-refractivity contribution in [2.45, 2.75) is 51.5 Å². The van der Waals surface area contributed by atoms with Gasteiger partial charge in [0.1, 0.15) is 0 Å². The molecule has 0 heterocycles. The molecule has 1 amide bonds. The third kappa shape index (κ3) is 3.44. The van der Waals surface area contributed by atoms with Gasteiger partial charge >= 0.3 is 0 Å². The predicted octanol–water partition coefficient (Wildman–Crippen LogP) is 1.66. The van der Waals surface area contributed by atoms with Crippen molar-refractivity contribution >= 4 is 5.91 Å². The molecular formula is C13H23N3O. The number of hydrogen-bond acceptors (Lipinski definition) is 3. The van der Waals surface area contributed by atoms with Crippen LogP contribution in [0.15, 0.2) is 0 Å². The molecule has 0 spiro atoms. The quantitative estimate of drug-likeness (QED) is 0.808. The Balaban J connectivity index is 2.68. The number of likely N-dealkylation sites (N-methyl/N-ethyl adjacent to an activating group) is 1. The molecule has 0 radical (unpaired) electrons. The van der Waals surface area contributed by atoms with Crippen molar-refractivity contribution in [1.82, 2.24) is 4.90 Å². The fraction of sp³-hybridized carbons (Fsp3) is 0.846. The molecule has 0 aromatic heterocycles. The molecule has 0 aliphatic heterocycles. The van der Waals surface area contributed by atoms with Crippen molar-refractivity contribution in [3.63, 3.8) is 0 Å². The molecule has 0 aromatic rings. The second-order valence-corrected chi connectivity index (χ2v) is 5.09. The van der Waals surface area contributed by atoms with E-state index in [9.17, 15) is 4.79 Å². The van der Waals surface area contributed by atoms with Crippen molar-refractivity contribution in [1.29, 1.82) is 5.26 Å². The van der Waals surface area contributed by atoms with Gasteiger partial charge in [0.2, 0.25) is 5.91 Å². The molecule has 1 unspecified atom stereocenters. The lowest BCUT2D eigenvalue weighted by Gasteiger charge is -2.36. The molecular weight excluding hydrogens is 214 g/mol. The summed E-state index contributed by atoms with van der Waals surface area (Å²) in [6, 6.07) is 2.17. The Labute approximate surface area is 104 Å². The summed E-state index contributed by atoms with van der Waals surface area (Å²) in [6.07, 6.45) is 4.81. The molecule has 1 aliphatic carbocycles. The van der Waals surface area contributed by atoms with Crippen LogP contribution in [-0.2, 0) is 4.79 Å². The number of nitrogens with two attached hydrogens (primary N) is 1. The van der Waals surface area contributed by atoms with E-state index in [1.54, 1.807) is 4.90 Å². The van der Waals surface area contributed by atoms with E-state index in [0.717, 1.165) is 25.7 Å². The molecule has 1 saturated carbocycles. The molecule has 1 atom stereocenters. The largest absolute Gasteiger partial charge is 0.340 e. The highest BCUT2D eigenvalue weighted by Crippen LogP contribution is 2.27. The first-order valence-electron chi connectivity index (χ1n) is 6.51. The molecule has 2 N–H and O–H groups in total. The number of nitrogens with zero attached hydrogens (tertiary/aromatic N) is 2. The summed E-state index contributed by atoms with van der Waals surface area (Å²) in [7, 11) is 0. The smallest absolute Gasteiger partial charge is 0.242 e. The van der Waals surface area contributed by atoms with Gasteiger partial charge in [-0.2, -0.15) is 5.26 Å². The van der Waals surface area contributed by atoms with Crippen LogP contribution in [0.2, 0.25) is 0 Å². The van der Waals surface area contributed by atoms with Gasteiger partial charge in [0.25, 0.3) is 0 Å².